The molecular weight excluding hydrogens is 325 g/mol. The Morgan fingerprint density at radius 2 is 2.20 bits per heavy atom. The number of benzene rings is 1. The maximum Gasteiger partial charge on any atom is 0.256 e. The molecule has 1 aliphatic rings. The first-order valence-electron chi connectivity index (χ1n) is 7.96. The third-order valence-electron chi connectivity index (χ3n) is 4.37. The highest BCUT2D eigenvalue weighted by Crippen LogP contribution is 2.25. The fourth-order valence-electron chi connectivity index (χ4n) is 3.07. The van der Waals surface area contributed by atoms with Crippen LogP contribution in [0.5, 0.6) is 5.75 Å². The molecule has 0 aliphatic carbocycles. The number of fused-ring (bicyclic) bond motifs is 1. The van der Waals surface area contributed by atoms with E-state index in [1.165, 1.54) is 12.3 Å². The summed E-state index contributed by atoms with van der Waals surface area (Å²) in [5.41, 5.74) is 1.64. The van der Waals surface area contributed by atoms with Crippen molar-refractivity contribution in [3.8, 4) is 17.3 Å². The molecular formula is C18H16FN3O3. The molecule has 0 radical (unpaired) electrons. The van der Waals surface area contributed by atoms with Crippen molar-refractivity contribution >= 4 is 0 Å². The fourth-order valence-corrected chi connectivity index (χ4v) is 3.07. The number of nitrogens with one attached hydrogen (secondary N) is 1. The number of phenolic OH excluding ortho intramolecular Hbond substituents is 1. The third kappa shape index (κ3) is 2.94. The molecule has 0 saturated heterocycles. The van der Waals surface area contributed by atoms with Crippen molar-refractivity contribution in [3.63, 3.8) is 0 Å². The standard InChI is InChI=1S/C18H16FN3O3/c19-13-4-1-3-11(16(13)23)9-22-7-6-14-12(10-22)18(24)21-17(20-14)15-5-2-8-25-15/h1-5,8,23H,6-7,9-10H2,(H,20,21,24). The molecule has 0 unspecified atom stereocenters. The molecule has 3 heterocycles. The monoisotopic (exact) mass is 341 g/mol. The number of para-hydroxylation sites is 1. The first-order valence-corrected chi connectivity index (χ1v) is 7.96. The lowest BCUT2D eigenvalue weighted by Crippen LogP contribution is -2.35. The highest BCUT2D eigenvalue weighted by molar-refractivity contribution is 5.47. The lowest BCUT2D eigenvalue weighted by molar-refractivity contribution is 0.237. The normalized spacial score (nSPS) is 14.4. The number of halogens is 1. The van der Waals surface area contributed by atoms with Gasteiger partial charge in [-0.05, 0) is 18.2 Å². The summed E-state index contributed by atoms with van der Waals surface area (Å²) in [4.78, 5) is 21.7. The van der Waals surface area contributed by atoms with Gasteiger partial charge in [-0.1, -0.05) is 12.1 Å². The van der Waals surface area contributed by atoms with E-state index < -0.39 is 5.82 Å². The summed E-state index contributed by atoms with van der Waals surface area (Å²) >= 11 is 0. The molecule has 6 nitrogen and oxygen atoms in total. The number of nitrogens with zero attached hydrogens (tertiary/aromatic N) is 2. The van der Waals surface area contributed by atoms with Crippen LogP contribution < -0.4 is 5.56 Å². The third-order valence-corrected chi connectivity index (χ3v) is 4.37. The molecule has 0 spiro atoms. The average Bonchev–Trinajstić information content (AvgIpc) is 3.14. The molecule has 1 aromatic carbocycles. The molecule has 3 aromatic rings. The van der Waals surface area contributed by atoms with Gasteiger partial charge in [0.1, 0.15) is 0 Å². The Hall–Kier alpha value is -2.93. The second-order valence-corrected chi connectivity index (χ2v) is 6.03. The molecule has 0 amide bonds. The number of furan rings is 1. The van der Waals surface area contributed by atoms with E-state index in [4.69, 9.17) is 4.42 Å². The highest BCUT2D eigenvalue weighted by atomic mass is 19.1. The van der Waals surface area contributed by atoms with Crippen LogP contribution >= 0.6 is 0 Å². The number of rotatable bonds is 3. The number of hydrogen-bond donors (Lipinski definition) is 2. The summed E-state index contributed by atoms with van der Waals surface area (Å²) in [5, 5.41) is 9.83. The van der Waals surface area contributed by atoms with Crippen LogP contribution in [0.1, 0.15) is 16.8 Å². The molecule has 2 N–H and O–H groups in total. The Bertz CT molecular complexity index is 966. The van der Waals surface area contributed by atoms with Crippen LogP contribution in [-0.2, 0) is 19.5 Å². The molecule has 0 fully saturated rings. The molecule has 0 bridgehead atoms. The van der Waals surface area contributed by atoms with Crippen LogP contribution in [0.15, 0.2) is 45.8 Å². The second kappa shape index (κ2) is 6.18. The number of aromatic hydroxyl groups is 1. The van der Waals surface area contributed by atoms with Crippen LogP contribution in [0.3, 0.4) is 0 Å². The van der Waals surface area contributed by atoms with E-state index in [0.29, 0.717) is 48.8 Å². The van der Waals surface area contributed by atoms with Gasteiger partial charge >= 0.3 is 0 Å². The molecule has 4 rings (SSSR count). The Labute approximate surface area is 142 Å². The van der Waals surface area contributed by atoms with Crippen molar-refractivity contribution in [2.24, 2.45) is 0 Å². The predicted molar refractivity (Wildman–Crippen MR) is 88.4 cm³/mol. The van der Waals surface area contributed by atoms with Gasteiger partial charge in [-0.25, -0.2) is 9.37 Å². The minimum absolute atomic E-state index is 0.204. The van der Waals surface area contributed by atoms with E-state index in [1.54, 1.807) is 24.3 Å². The van der Waals surface area contributed by atoms with Crippen molar-refractivity contribution in [3.05, 3.63) is 69.6 Å². The van der Waals surface area contributed by atoms with E-state index in [1.807, 2.05) is 4.90 Å². The largest absolute Gasteiger partial charge is 0.505 e. The van der Waals surface area contributed by atoms with Gasteiger partial charge in [0.15, 0.2) is 23.2 Å². The van der Waals surface area contributed by atoms with Crippen molar-refractivity contribution in [1.82, 2.24) is 14.9 Å². The number of phenols is 1. The molecule has 128 valence electrons. The molecule has 0 atom stereocenters. The van der Waals surface area contributed by atoms with E-state index in [2.05, 4.69) is 9.97 Å². The Kier molecular flexibility index (Phi) is 3.85. The summed E-state index contributed by atoms with van der Waals surface area (Å²) in [6, 6.07) is 7.94. The van der Waals surface area contributed by atoms with Crippen molar-refractivity contribution in [2.45, 2.75) is 19.5 Å². The smallest absolute Gasteiger partial charge is 0.256 e. The summed E-state index contributed by atoms with van der Waals surface area (Å²) in [6.45, 7) is 1.42. The SMILES string of the molecule is O=c1[nH]c(-c2ccco2)nc2c1CN(Cc1cccc(F)c1O)CC2. The second-order valence-electron chi connectivity index (χ2n) is 6.03. The first-order chi connectivity index (χ1) is 12.1. The molecule has 2 aromatic heterocycles. The van der Waals surface area contributed by atoms with Crippen LogP contribution in [-0.4, -0.2) is 26.5 Å². The van der Waals surface area contributed by atoms with Gasteiger partial charge in [-0.15, -0.1) is 0 Å². The zero-order valence-corrected chi connectivity index (χ0v) is 13.3. The van der Waals surface area contributed by atoms with E-state index in [9.17, 15) is 14.3 Å². The Balaban J connectivity index is 1.59. The van der Waals surface area contributed by atoms with Crippen molar-refractivity contribution < 1.29 is 13.9 Å². The predicted octanol–water partition coefficient (Wildman–Crippen LogP) is 2.43. The zero-order chi connectivity index (χ0) is 17.4. The maximum absolute atomic E-state index is 13.5. The summed E-state index contributed by atoms with van der Waals surface area (Å²) in [5.74, 6) is -0.0389. The molecule has 1 aliphatic heterocycles. The highest BCUT2D eigenvalue weighted by Gasteiger charge is 2.23. The minimum Gasteiger partial charge on any atom is -0.505 e. The fraction of sp³-hybridized carbons (Fsp3) is 0.222. The topological polar surface area (TPSA) is 82.4 Å². The van der Waals surface area contributed by atoms with Crippen molar-refractivity contribution in [1.29, 1.82) is 0 Å². The lowest BCUT2D eigenvalue weighted by Gasteiger charge is -2.27. The first kappa shape index (κ1) is 15.6. The maximum atomic E-state index is 13.5. The Morgan fingerprint density at radius 1 is 1.32 bits per heavy atom. The van der Waals surface area contributed by atoms with Gasteiger partial charge in [0, 0.05) is 31.6 Å². The van der Waals surface area contributed by atoms with Gasteiger partial charge in [0.05, 0.1) is 17.5 Å². The minimum atomic E-state index is -0.641. The number of aromatic nitrogens is 2. The van der Waals surface area contributed by atoms with Crippen LogP contribution in [0.25, 0.3) is 11.6 Å². The van der Waals surface area contributed by atoms with Gasteiger partial charge in [-0.2, -0.15) is 0 Å². The summed E-state index contributed by atoms with van der Waals surface area (Å²) < 4.78 is 18.8. The number of aromatic amines is 1. The average molecular weight is 341 g/mol. The molecule has 0 saturated carbocycles. The number of H-pyrrole nitrogens is 1. The van der Waals surface area contributed by atoms with E-state index in [-0.39, 0.29) is 11.3 Å². The molecule has 7 heteroatoms. The van der Waals surface area contributed by atoms with Gasteiger partial charge in [-0.3, -0.25) is 9.69 Å². The van der Waals surface area contributed by atoms with Crippen LogP contribution in [0, 0.1) is 5.82 Å². The van der Waals surface area contributed by atoms with Gasteiger partial charge < -0.3 is 14.5 Å². The van der Waals surface area contributed by atoms with Gasteiger partial charge in [0.25, 0.3) is 5.56 Å². The number of hydrogen-bond acceptors (Lipinski definition) is 5. The Morgan fingerprint density at radius 3 is 3.00 bits per heavy atom. The van der Waals surface area contributed by atoms with E-state index >= 15 is 0 Å². The van der Waals surface area contributed by atoms with Gasteiger partial charge in [0.2, 0.25) is 0 Å². The van der Waals surface area contributed by atoms with Crippen LogP contribution in [0.2, 0.25) is 0 Å². The zero-order valence-electron chi connectivity index (χ0n) is 13.3. The van der Waals surface area contributed by atoms with Crippen LogP contribution in [0.4, 0.5) is 4.39 Å². The quantitative estimate of drug-likeness (QED) is 0.765. The molecule has 25 heavy (non-hydrogen) atoms. The van der Waals surface area contributed by atoms with E-state index in [0.717, 1.165) is 5.69 Å². The van der Waals surface area contributed by atoms with Crippen molar-refractivity contribution in [2.75, 3.05) is 6.54 Å². The summed E-state index contributed by atoms with van der Waals surface area (Å²) in [6.07, 6.45) is 2.13. The lowest BCUT2D eigenvalue weighted by atomic mass is 10.1. The summed E-state index contributed by atoms with van der Waals surface area (Å²) in [7, 11) is 0.